The number of carbonyl (C=O) groups excluding carboxylic acids is 1. The SMILES string of the molecule is CC1(C)CC2(C)C(=O)CC1C(C(=O)O)C2C(=O)O. The van der Waals surface area contributed by atoms with Gasteiger partial charge in [-0.2, -0.15) is 0 Å². The zero-order chi connectivity index (χ0) is 13.9. The van der Waals surface area contributed by atoms with Crippen LogP contribution in [0.3, 0.4) is 0 Å². The van der Waals surface area contributed by atoms with Crippen LogP contribution in [0.5, 0.6) is 0 Å². The van der Waals surface area contributed by atoms with Crippen molar-refractivity contribution < 1.29 is 24.6 Å². The average Bonchev–Trinajstić information content (AvgIpc) is 2.17. The Balaban J connectivity index is 2.57. The van der Waals surface area contributed by atoms with Crippen LogP contribution in [-0.4, -0.2) is 27.9 Å². The van der Waals surface area contributed by atoms with E-state index in [4.69, 9.17) is 0 Å². The first-order chi connectivity index (χ1) is 8.11. The van der Waals surface area contributed by atoms with E-state index in [1.807, 2.05) is 13.8 Å². The van der Waals surface area contributed by atoms with Crippen molar-refractivity contribution in [2.24, 2.45) is 28.6 Å². The number of aliphatic carboxylic acids is 2. The van der Waals surface area contributed by atoms with E-state index < -0.39 is 29.2 Å². The minimum Gasteiger partial charge on any atom is -0.481 e. The zero-order valence-corrected chi connectivity index (χ0v) is 10.8. The molecular formula is C13H18O5. The maximum atomic E-state index is 12.1. The van der Waals surface area contributed by atoms with Crippen molar-refractivity contribution in [2.75, 3.05) is 0 Å². The van der Waals surface area contributed by atoms with Gasteiger partial charge in [-0.25, -0.2) is 0 Å². The molecule has 0 aromatic carbocycles. The smallest absolute Gasteiger partial charge is 0.308 e. The van der Waals surface area contributed by atoms with Crippen LogP contribution in [0, 0.1) is 28.6 Å². The van der Waals surface area contributed by atoms with E-state index in [9.17, 15) is 24.6 Å². The van der Waals surface area contributed by atoms with Crippen molar-refractivity contribution in [2.45, 2.75) is 33.6 Å². The lowest BCUT2D eigenvalue weighted by molar-refractivity contribution is -0.190. The molecule has 0 aromatic rings. The molecule has 3 aliphatic rings. The monoisotopic (exact) mass is 254 g/mol. The van der Waals surface area contributed by atoms with E-state index in [1.165, 1.54) is 0 Å². The molecule has 4 unspecified atom stereocenters. The summed E-state index contributed by atoms with van der Waals surface area (Å²) >= 11 is 0. The fraction of sp³-hybridized carbons (Fsp3) is 0.769. The highest BCUT2D eigenvalue weighted by molar-refractivity contribution is 5.95. The number of carboxylic acids is 2. The van der Waals surface area contributed by atoms with Crippen molar-refractivity contribution in [3.8, 4) is 0 Å². The van der Waals surface area contributed by atoms with Gasteiger partial charge in [-0.3, -0.25) is 14.4 Å². The number of ketones is 1. The topological polar surface area (TPSA) is 91.7 Å². The lowest BCUT2D eigenvalue weighted by Gasteiger charge is -2.58. The number of fused-ring (bicyclic) bond motifs is 3. The van der Waals surface area contributed by atoms with Crippen LogP contribution in [0.15, 0.2) is 0 Å². The lowest BCUT2D eigenvalue weighted by Crippen LogP contribution is -2.63. The predicted molar refractivity (Wildman–Crippen MR) is 61.9 cm³/mol. The molecule has 0 aliphatic heterocycles. The van der Waals surface area contributed by atoms with Gasteiger partial charge in [0, 0.05) is 11.8 Å². The number of rotatable bonds is 2. The van der Waals surface area contributed by atoms with Gasteiger partial charge >= 0.3 is 11.9 Å². The molecule has 0 aromatic heterocycles. The van der Waals surface area contributed by atoms with Crippen LogP contribution in [0.4, 0.5) is 0 Å². The summed E-state index contributed by atoms with van der Waals surface area (Å²) < 4.78 is 0. The van der Waals surface area contributed by atoms with E-state index >= 15 is 0 Å². The summed E-state index contributed by atoms with van der Waals surface area (Å²) in [6.07, 6.45) is 0.633. The van der Waals surface area contributed by atoms with Gasteiger partial charge in [0.25, 0.3) is 0 Å². The molecule has 0 saturated heterocycles. The first-order valence-electron chi connectivity index (χ1n) is 6.10. The quantitative estimate of drug-likeness (QED) is 0.777. The fourth-order valence-electron chi connectivity index (χ4n) is 4.15. The Morgan fingerprint density at radius 1 is 1.17 bits per heavy atom. The lowest BCUT2D eigenvalue weighted by atomic mass is 9.43. The van der Waals surface area contributed by atoms with Crippen molar-refractivity contribution >= 4 is 17.7 Å². The Labute approximate surface area is 105 Å². The van der Waals surface area contributed by atoms with Crippen molar-refractivity contribution in [3.63, 3.8) is 0 Å². The first-order valence-corrected chi connectivity index (χ1v) is 6.10. The summed E-state index contributed by atoms with van der Waals surface area (Å²) in [5.74, 6) is -4.82. The summed E-state index contributed by atoms with van der Waals surface area (Å²) in [7, 11) is 0. The molecule has 100 valence electrons. The summed E-state index contributed by atoms with van der Waals surface area (Å²) in [5.41, 5.74) is -1.36. The molecule has 0 radical (unpaired) electrons. The van der Waals surface area contributed by atoms with Crippen molar-refractivity contribution in [3.05, 3.63) is 0 Å². The first kappa shape index (κ1) is 13.1. The average molecular weight is 254 g/mol. The van der Waals surface area contributed by atoms with Gasteiger partial charge in [-0.05, 0) is 17.8 Å². The summed E-state index contributed by atoms with van der Waals surface area (Å²) in [5, 5.41) is 18.7. The van der Waals surface area contributed by atoms with Crippen molar-refractivity contribution in [1.29, 1.82) is 0 Å². The molecule has 0 spiro atoms. The van der Waals surface area contributed by atoms with Crippen molar-refractivity contribution in [1.82, 2.24) is 0 Å². The molecule has 2 N–H and O–H groups in total. The van der Waals surface area contributed by atoms with Gasteiger partial charge in [-0.1, -0.05) is 20.8 Å². The highest BCUT2D eigenvalue weighted by atomic mass is 16.4. The van der Waals surface area contributed by atoms with Gasteiger partial charge in [0.1, 0.15) is 5.78 Å². The molecule has 5 heteroatoms. The van der Waals surface area contributed by atoms with E-state index in [0.29, 0.717) is 6.42 Å². The largest absolute Gasteiger partial charge is 0.481 e. The third-order valence-electron chi connectivity index (χ3n) is 4.90. The molecule has 3 fully saturated rings. The Bertz CT molecular complexity index is 439. The molecule has 3 aliphatic carbocycles. The van der Waals surface area contributed by atoms with Gasteiger partial charge in [0.05, 0.1) is 11.8 Å². The molecular weight excluding hydrogens is 236 g/mol. The number of hydrogen-bond acceptors (Lipinski definition) is 3. The zero-order valence-electron chi connectivity index (χ0n) is 10.8. The molecule has 3 rings (SSSR count). The summed E-state index contributed by atoms with van der Waals surface area (Å²) in [6, 6.07) is 0. The number of Topliss-reactive ketones (excluding diaryl/α,β-unsaturated/α-hetero) is 1. The Kier molecular flexibility index (Phi) is 2.58. The highest BCUT2D eigenvalue weighted by Crippen LogP contribution is 2.61. The second-order valence-corrected chi connectivity index (χ2v) is 6.50. The second-order valence-electron chi connectivity index (χ2n) is 6.50. The molecule has 18 heavy (non-hydrogen) atoms. The third kappa shape index (κ3) is 1.49. The molecule has 2 bridgehead atoms. The van der Waals surface area contributed by atoms with Crippen LogP contribution in [0.2, 0.25) is 0 Å². The Morgan fingerprint density at radius 2 is 1.72 bits per heavy atom. The molecule has 3 saturated carbocycles. The minimum atomic E-state index is -1.17. The standard InChI is InChI=1S/C13H18O5/c1-12(2)5-13(3)7(14)4-6(12)8(10(15)16)9(13)11(17)18/h6,8-9H,4-5H2,1-3H3,(H,15,16)(H,17,18). The second kappa shape index (κ2) is 3.56. The van der Waals surface area contributed by atoms with Gasteiger partial charge in [0.15, 0.2) is 0 Å². The van der Waals surface area contributed by atoms with Crippen LogP contribution in [0.1, 0.15) is 33.6 Å². The maximum Gasteiger partial charge on any atom is 0.308 e. The number of hydrogen-bond donors (Lipinski definition) is 2. The maximum absolute atomic E-state index is 12.1. The van der Waals surface area contributed by atoms with Gasteiger partial charge < -0.3 is 10.2 Å². The third-order valence-corrected chi connectivity index (χ3v) is 4.90. The summed E-state index contributed by atoms with van der Waals surface area (Å²) in [6.45, 7) is 5.47. The normalized spacial score (nSPS) is 41.7. The van der Waals surface area contributed by atoms with E-state index in [2.05, 4.69) is 0 Å². The number of carbonyl (C=O) groups is 3. The molecule has 0 heterocycles. The van der Waals surface area contributed by atoms with Crippen LogP contribution >= 0.6 is 0 Å². The number of carboxylic acid groups (broad SMARTS) is 2. The van der Waals surface area contributed by atoms with E-state index in [0.717, 1.165) is 0 Å². The Morgan fingerprint density at radius 3 is 2.17 bits per heavy atom. The van der Waals surface area contributed by atoms with E-state index in [-0.39, 0.29) is 23.5 Å². The van der Waals surface area contributed by atoms with Gasteiger partial charge in [-0.15, -0.1) is 0 Å². The van der Waals surface area contributed by atoms with Crippen LogP contribution in [0.25, 0.3) is 0 Å². The van der Waals surface area contributed by atoms with E-state index in [1.54, 1.807) is 6.92 Å². The Hall–Kier alpha value is -1.39. The highest BCUT2D eigenvalue weighted by Gasteiger charge is 2.66. The minimum absolute atomic E-state index is 0.100. The fourth-order valence-corrected chi connectivity index (χ4v) is 4.15. The van der Waals surface area contributed by atoms with Crippen LogP contribution in [-0.2, 0) is 14.4 Å². The predicted octanol–water partition coefficient (Wildman–Crippen LogP) is 1.41. The summed E-state index contributed by atoms with van der Waals surface area (Å²) in [4.78, 5) is 34.9. The van der Waals surface area contributed by atoms with Gasteiger partial charge in [0.2, 0.25) is 0 Å². The molecule has 4 atom stereocenters. The molecule has 5 nitrogen and oxygen atoms in total. The molecule has 0 amide bonds. The van der Waals surface area contributed by atoms with Crippen LogP contribution < -0.4 is 0 Å².